The van der Waals surface area contributed by atoms with Crippen LogP contribution in [0, 0.1) is 5.92 Å². The second-order valence-corrected chi connectivity index (χ2v) is 6.88. The van der Waals surface area contributed by atoms with Crippen molar-refractivity contribution in [2.45, 2.75) is 71.8 Å². The summed E-state index contributed by atoms with van der Waals surface area (Å²) >= 11 is 0. The van der Waals surface area contributed by atoms with E-state index in [0.29, 0.717) is 17.9 Å². The van der Waals surface area contributed by atoms with Gasteiger partial charge in [0.15, 0.2) is 0 Å². The minimum Gasteiger partial charge on any atom is -0.382 e. The van der Waals surface area contributed by atoms with Gasteiger partial charge in [-0.3, -0.25) is 0 Å². The van der Waals surface area contributed by atoms with Crippen LogP contribution < -0.4 is 5.32 Å². The average Bonchev–Trinajstić information content (AvgIpc) is 3.12. The molecule has 1 nitrogen and oxygen atoms in total. The third kappa shape index (κ3) is 3.99. The van der Waals surface area contributed by atoms with Gasteiger partial charge < -0.3 is 5.32 Å². The summed E-state index contributed by atoms with van der Waals surface area (Å²) in [6, 6.07) is 7.55. The first-order valence-corrected chi connectivity index (χ1v) is 7.87. The Kier molecular flexibility index (Phi) is 4.54. The van der Waals surface area contributed by atoms with Crippen LogP contribution in [0.15, 0.2) is 18.2 Å². The van der Waals surface area contributed by atoms with Gasteiger partial charge in [-0.05, 0) is 48.3 Å². The Morgan fingerprint density at radius 2 is 1.74 bits per heavy atom. The fourth-order valence-electron chi connectivity index (χ4n) is 2.73. The van der Waals surface area contributed by atoms with E-state index in [1.54, 1.807) is 0 Å². The highest BCUT2D eigenvalue weighted by atomic mass is 14.9. The van der Waals surface area contributed by atoms with Crippen molar-refractivity contribution < 1.29 is 0 Å². The zero-order valence-corrected chi connectivity index (χ0v) is 13.2. The van der Waals surface area contributed by atoms with Gasteiger partial charge in [0, 0.05) is 11.7 Å². The van der Waals surface area contributed by atoms with Gasteiger partial charge in [0.05, 0.1) is 0 Å². The molecule has 1 fully saturated rings. The predicted octanol–water partition coefficient (Wildman–Crippen LogP) is 5.53. The third-order valence-electron chi connectivity index (χ3n) is 4.15. The van der Waals surface area contributed by atoms with Crippen molar-refractivity contribution in [3.8, 4) is 0 Å². The van der Waals surface area contributed by atoms with Crippen LogP contribution in [-0.4, -0.2) is 6.04 Å². The van der Waals surface area contributed by atoms with Gasteiger partial charge in [-0.1, -0.05) is 52.7 Å². The molecule has 1 N–H and O–H groups in total. The van der Waals surface area contributed by atoms with E-state index < -0.39 is 0 Å². The van der Waals surface area contributed by atoms with E-state index in [1.165, 1.54) is 36.1 Å². The quantitative estimate of drug-likeness (QED) is 0.708. The summed E-state index contributed by atoms with van der Waals surface area (Å²) in [4.78, 5) is 0. The van der Waals surface area contributed by atoms with Crippen LogP contribution in [0.1, 0.15) is 76.8 Å². The maximum Gasteiger partial charge on any atom is 0.0377 e. The molecule has 1 aliphatic rings. The van der Waals surface area contributed by atoms with Crippen molar-refractivity contribution in [2.24, 2.45) is 5.92 Å². The van der Waals surface area contributed by atoms with Crippen molar-refractivity contribution >= 4 is 5.69 Å². The van der Waals surface area contributed by atoms with Gasteiger partial charge in [0.25, 0.3) is 0 Å². The second kappa shape index (κ2) is 5.98. The summed E-state index contributed by atoms with van der Waals surface area (Å²) < 4.78 is 0. The van der Waals surface area contributed by atoms with Gasteiger partial charge in [0.2, 0.25) is 0 Å². The molecule has 19 heavy (non-hydrogen) atoms. The van der Waals surface area contributed by atoms with E-state index >= 15 is 0 Å². The Labute approximate surface area is 118 Å². The number of anilines is 1. The van der Waals surface area contributed by atoms with E-state index in [1.807, 2.05) is 0 Å². The lowest BCUT2D eigenvalue weighted by Crippen LogP contribution is -2.17. The van der Waals surface area contributed by atoms with Crippen molar-refractivity contribution in [1.29, 1.82) is 0 Å². The lowest BCUT2D eigenvalue weighted by molar-refractivity contribution is 0.640. The van der Waals surface area contributed by atoms with Crippen molar-refractivity contribution in [1.82, 2.24) is 0 Å². The Morgan fingerprint density at radius 3 is 2.26 bits per heavy atom. The molecule has 0 aromatic heterocycles. The van der Waals surface area contributed by atoms with Crippen LogP contribution in [0.5, 0.6) is 0 Å². The molecule has 2 rings (SSSR count). The molecule has 0 spiro atoms. The van der Waals surface area contributed by atoms with E-state index in [0.717, 1.165) is 5.92 Å². The number of benzene rings is 1. The summed E-state index contributed by atoms with van der Waals surface area (Å²) in [5, 5.41) is 3.73. The van der Waals surface area contributed by atoms with Gasteiger partial charge in [-0.15, -0.1) is 0 Å². The van der Waals surface area contributed by atoms with Crippen LogP contribution in [0.2, 0.25) is 0 Å². The molecule has 1 unspecified atom stereocenters. The number of nitrogens with one attached hydrogen (secondary N) is 1. The average molecular weight is 259 g/mol. The summed E-state index contributed by atoms with van der Waals surface area (Å²) in [5.41, 5.74) is 4.26. The largest absolute Gasteiger partial charge is 0.382 e. The molecule has 1 saturated carbocycles. The Bertz CT molecular complexity index is 416. The van der Waals surface area contributed by atoms with Crippen molar-refractivity contribution in [2.75, 3.05) is 5.32 Å². The molecule has 0 bridgehead atoms. The Hall–Kier alpha value is -0.980. The third-order valence-corrected chi connectivity index (χ3v) is 4.15. The monoisotopic (exact) mass is 259 g/mol. The fourth-order valence-corrected chi connectivity index (χ4v) is 2.73. The molecule has 0 aliphatic heterocycles. The molecule has 1 aliphatic carbocycles. The van der Waals surface area contributed by atoms with Crippen molar-refractivity contribution in [3.63, 3.8) is 0 Å². The standard InChI is InChI=1S/C18H29N/c1-12(2)16-8-9-18(17(11-16)13(3)4)19-14(5)10-15-6-7-15/h8-9,11-15,19H,6-7,10H2,1-5H3. The van der Waals surface area contributed by atoms with Crippen molar-refractivity contribution in [3.05, 3.63) is 29.3 Å². The van der Waals surface area contributed by atoms with Gasteiger partial charge in [0.1, 0.15) is 0 Å². The zero-order valence-electron chi connectivity index (χ0n) is 13.2. The first-order chi connectivity index (χ1) is 8.97. The molecule has 0 amide bonds. The molecular formula is C18H29N. The van der Waals surface area contributed by atoms with Crippen LogP contribution in [0.25, 0.3) is 0 Å². The SMILES string of the molecule is CC(CC1CC1)Nc1ccc(C(C)C)cc1C(C)C. The first-order valence-electron chi connectivity index (χ1n) is 7.87. The molecule has 0 heterocycles. The Morgan fingerprint density at radius 1 is 1.05 bits per heavy atom. The molecular weight excluding hydrogens is 230 g/mol. The normalized spacial score (nSPS) is 17.0. The molecule has 1 heteroatoms. The van der Waals surface area contributed by atoms with Crippen LogP contribution in [0.3, 0.4) is 0 Å². The molecule has 1 aromatic carbocycles. The predicted molar refractivity (Wildman–Crippen MR) is 85.0 cm³/mol. The number of rotatable bonds is 6. The van der Waals surface area contributed by atoms with E-state index in [-0.39, 0.29) is 0 Å². The van der Waals surface area contributed by atoms with Crippen LogP contribution >= 0.6 is 0 Å². The van der Waals surface area contributed by atoms with Gasteiger partial charge >= 0.3 is 0 Å². The highest BCUT2D eigenvalue weighted by molar-refractivity contribution is 5.55. The summed E-state index contributed by atoms with van der Waals surface area (Å²) in [6.45, 7) is 11.4. The smallest absolute Gasteiger partial charge is 0.0377 e. The molecule has 0 radical (unpaired) electrons. The summed E-state index contributed by atoms with van der Waals surface area (Å²) in [7, 11) is 0. The van der Waals surface area contributed by atoms with Gasteiger partial charge in [-0.2, -0.15) is 0 Å². The van der Waals surface area contributed by atoms with Gasteiger partial charge in [-0.25, -0.2) is 0 Å². The van der Waals surface area contributed by atoms with E-state index in [2.05, 4.69) is 58.1 Å². The molecule has 1 aromatic rings. The van der Waals surface area contributed by atoms with E-state index in [4.69, 9.17) is 0 Å². The first kappa shape index (κ1) is 14.4. The zero-order chi connectivity index (χ0) is 14.0. The maximum atomic E-state index is 3.73. The highest BCUT2D eigenvalue weighted by Crippen LogP contribution is 2.35. The highest BCUT2D eigenvalue weighted by Gasteiger charge is 2.23. The molecule has 1 atom stereocenters. The summed E-state index contributed by atoms with van der Waals surface area (Å²) in [6.07, 6.45) is 4.20. The minimum absolute atomic E-state index is 0.578. The van der Waals surface area contributed by atoms with Crippen LogP contribution in [0.4, 0.5) is 5.69 Å². The number of hydrogen-bond acceptors (Lipinski definition) is 1. The topological polar surface area (TPSA) is 12.0 Å². The van der Waals surface area contributed by atoms with Crippen LogP contribution in [-0.2, 0) is 0 Å². The fraction of sp³-hybridized carbons (Fsp3) is 0.667. The number of hydrogen-bond donors (Lipinski definition) is 1. The molecule has 0 saturated heterocycles. The lowest BCUT2D eigenvalue weighted by atomic mass is 9.94. The molecule has 106 valence electrons. The minimum atomic E-state index is 0.578. The second-order valence-electron chi connectivity index (χ2n) is 6.88. The lowest BCUT2D eigenvalue weighted by Gasteiger charge is -2.21. The Balaban J connectivity index is 2.13. The summed E-state index contributed by atoms with van der Waals surface area (Å²) in [5.74, 6) is 2.17. The maximum absolute atomic E-state index is 3.73. The van der Waals surface area contributed by atoms with E-state index in [9.17, 15) is 0 Å².